The third-order valence-corrected chi connectivity index (χ3v) is 4.84. The topological polar surface area (TPSA) is 26.3 Å². The van der Waals surface area contributed by atoms with Crippen molar-refractivity contribution in [3.05, 3.63) is 39.9 Å². The average molecular weight is 337 g/mol. The zero-order chi connectivity index (χ0) is 14.9. The van der Waals surface area contributed by atoms with Gasteiger partial charge in [0.1, 0.15) is 5.75 Å². The Bertz CT molecular complexity index is 562. The number of hydrogen-bond acceptors (Lipinski definition) is 2. The Hall–Kier alpha value is -1.09. The molecule has 0 unspecified atom stereocenters. The molecule has 0 saturated heterocycles. The van der Waals surface area contributed by atoms with E-state index >= 15 is 0 Å². The maximum Gasteiger partial charge on any atom is 0.308 e. The van der Waals surface area contributed by atoms with Crippen LogP contribution in [0, 0.1) is 12.8 Å². The second-order valence-corrected chi connectivity index (χ2v) is 6.39. The van der Waals surface area contributed by atoms with Crippen LogP contribution in [0.5, 0.6) is 5.75 Å². The minimum atomic E-state index is -0.268. The summed E-state index contributed by atoms with van der Waals surface area (Å²) in [5.41, 5.74) is 3.51. The molecule has 2 rings (SSSR count). The molecule has 1 fully saturated rings. The monoisotopic (exact) mass is 336 g/mol. The molecule has 0 amide bonds. The number of halogens is 1. The second kappa shape index (κ2) is 5.72. The molecule has 0 heterocycles. The van der Waals surface area contributed by atoms with Crippen LogP contribution >= 0.6 is 15.9 Å². The highest BCUT2D eigenvalue weighted by Crippen LogP contribution is 2.51. The molecule has 20 heavy (non-hydrogen) atoms. The van der Waals surface area contributed by atoms with Crippen molar-refractivity contribution in [3.8, 4) is 5.75 Å². The van der Waals surface area contributed by atoms with E-state index in [2.05, 4.69) is 41.9 Å². The molecule has 108 valence electrons. The van der Waals surface area contributed by atoms with Crippen LogP contribution in [0.3, 0.4) is 0 Å². The standard InChI is InChI=1S/C17H21BrO2/c1-11-5-6-14(16(9-11)20-13(3)19)17(4)8-7-12(2)15(17)10-18/h5-6,9-10,12H,7-8H2,1-4H3/t12-,17-/m0/s1. The summed E-state index contributed by atoms with van der Waals surface area (Å²) >= 11 is 3.51. The van der Waals surface area contributed by atoms with Crippen LogP contribution in [-0.4, -0.2) is 5.97 Å². The molecule has 1 aromatic rings. The predicted molar refractivity (Wildman–Crippen MR) is 85.2 cm³/mol. The van der Waals surface area contributed by atoms with Crippen LogP contribution in [0.2, 0.25) is 0 Å². The number of esters is 1. The normalized spacial score (nSPS) is 27.9. The first-order valence-electron chi connectivity index (χ1n) is 6.99. The van der Waals surface area contributed by atoms with Gasteiger partial charge in [-0.15, -0.1) is 0 Å². The number of ether oxygens (including phenoxy) is 1. The highest BCUT2D eigenvalue weighted by molar-refractivity contribution is 9.11. The molecular weight excluding hydrogens is 316 g/mol. The molecule has 0 aromatic heterocycles. The summed E-state index contributed by atoms with van der Waals surface area (Å²) in [5, 5.41) is 0. The fraction of sp³-hybridized carbons (Fsp3) is 0.471. The Morgan fingerprint density at radius 2 is 2.20 bits per heavy atom. The molecule has 0 bridgehead atoms. The largest absolute Gasteiger partial charge is 0.426 e. The van der Waals surface area contributed by atoms with Crippen molar-refractivity contribution < 1.29 is 9.53 Å². The van der Waals surface area contributed by atoms with E-state index in [4.69, 9.17) is 4.74 Å². The first kappa shape index (κ1) is 15.3. The fourth-order valence-corrected chi connectivity index (χ4v) is 4.15. The highest BCUT2D eigenvalue weighted by Gasteiger charge is 2.41. The molecule has 0 N–H and O–H groups in total. The minimum absolute atomic E-state index is 0.0681. The van der Waals surface area contributed by atoms with E-state index in [0.29, 0.717) is 11.7 Å². The molecule has 0 radical (unpaired) electrons. The third kappa shape index (κ3) is 2.69. The van der Waals surface area contributed by atoms with E-state index in [1.54, 1.807) is 0 Å². The van der Waals surface area contributed by atoms with Crippen molar-refractivity contribution >= 4 is 21.9 Å². The average Bonchev–Trinajstić information content (AvgIpc) is 2.64. The third-order valence-electron chi connectivity index (χ3n) is 4.35. The lowest BCUT2D eigenvalue weighted by Gasteiger charge is -2.29. The molecule has 2 atom stereocenters. The molecule has 3 heteroatoms. The molecule has 0 spiro atoms. The van der Waals surface area contributed by atoms with Crippen molar-refractivity contribution in [3.63, 3.8) is 0 Å². The van der Waals surface area contributed by atoms with Gasteiger partial charge in [0.25, 0.3) is 0 Å². The van der Waals surface area contributed by atoms with Crippen molar-refractivity contribution in [1.29, 1.82) is 0 Å². The van der Waals surface area contributed by atoms with E-state index in [1.807, 2.05) is 18.0 Å². The molecular formula is C17H21BrO2. The lowest BCUT2D eigenvalue weighted by Crippen LogP contribution is -2.22. The fourth-order valence-electron chi connectivity index (χ4n) is 3.19. The number of carbonyl (C=O) groups is 1. The van der Waals surface area contributed by atoms with E-state index < -0.39 is 0 Å². The van der Waals surface area contributed by atoms with Crippen molar-refractivity contribution in [2.45, 2.75) is 46.0 Å². The molecule has 1 saturated carbocycles. The van der Waals surface area contributed by atoms with Gasteiger partial charge in [0.05, 0.1) is 0 Å². The Labute approximate surface area is 129 Å². The van der Waals surface area contributed by atoms with Crippen LogP contribution in [0.15, 0.2) is 28.8 Å². The van der Waals surface area contributed by atoms with Gasteiger partial charge >= 0.3 is 5.97 Å². The molecule has 1 aliphatic rings. The van der Waals surface area contributed by atoms with Gasteiger partial charge < -0.3 is 4.74 Å². The maximum absolute atomic E-state index is 11.4. The van der Waals surface area contributed by atoms with Crippen molar-refractivity contribution in [2.75, 3.05) is 0 Å². The summed E-state index contributed by atoms with van der Waals surface area (Å²) in [5.74, 6) is 0.975. The number of benzene rings is 1. The summed E-state index contributed by atoms with van der Waals surface area (Å²) in [6.45, 7) is 7.95. The number of allylic oxidation sites excluding steroid dienone is 1. The Balaban J connectivity index is 2.54. The minimum Gasteiger partial charge on any atom is -0.426 e. The highest BCUT2D eigenvalue weighted by atomic mass is 79.9. The van der Waals surface area contributed by atoms with Crippen molar-refractivity contribution in [1.82, 2.24) is 0 Å². The summed E-state index contributed by atoms with van der Waals surface area (Å²) in [7, 11) is 0. The Morgan fingerprint density at radius 3 is 2.80 bits per heavy atom. The quantitative estimate of drug-likeness (QED) is 0.567. The number of carbonyl (C=O) groups excluding carboxylic acids is 1. The van der Waals surface area contributed by atoms with Crippen molar-refractivity contribution in [2.24, 2.45) is 5.92 Å². The maximum atomic E-state index is 11.4. The van der Waals surface area contributed by atoms with Gasteiger partial charge in [0.15, 0.2) is 0 Å². The van der Waals surface area contributed by atoms with Gasteiger partial charge in [-0.3, -0.25) is 4.79 Å². The van der Waals surface area contributed by atoms with Gasteiger partial charge in [-0.05, 0) is 42.3 Å². The zero-order valence-corrected chi connectivity index (χ0v) is 14.1. The van der Waals surface area contributed by atoms with Gasteiger partial charge in [0, 0.05) is 17.9 Å². The van der Waals surface area contributed by atoms with Gasteiger partial charge in [-0.25, -0.2) is 0 Å². The molecule has 2 nitrogen and oxygen atoms in total. The Morgan fingerprint density at radius 1 is 1.50 bits per heavy atom. The summed E-state index contributed by atoms with van der Waals surface area (Å²) in [4.78, 5) is 13.4. The number of hydrogen-bond donors (Lipinski definition) is 0. The molecule has 0 aliphatic heterocycles. The predicted octanol–water partition coefficient (Wildman–Crippen LogP) is 4.89. The van der Waals surface area contributed by atoms with E-state index in [9.17, 15) is 4.79 Å². The van der Waals surface area contributed by atoms with Crippen LogP contribution in [0.25, 0.3) is 0 Å². The SMILES string of the molecule is CC(=O)Oc1cc(C)ccc1[C@]1(C)CC[C@H](C)C1=CBr. The van der Waals surface area contributed by atoms with E-state index in [0.717, 1.165) is 24.0 Å². The summed E-state index contributed by atoms with van der Waals surface area (Å²) < 4.78 is 5.45. The summed E-state index contributed by atoms with van der Waals surface area (Å²) in [6, 6.07) is 6.14. The van der Waals surface area contributed by atoms with Crippen LogP contribution in [0.4, 0.5) is 0 Å². The Kier molecular flexibility index (Phi) is 4.38. The van der Waals surface area contributed by atoms with E-state index in [-0.39, 0.29) is 11.4 Å². The number of aryl methyl sites for hydroxylation is 1. The van der Waals surface area contributed by atoms with Gasteiger partial charge in [-0.2, -0.15) is 0 Å². The smallest absolute Gasteiger partial charge is 0.308 e. The van der Waals surface area contributed by atoms with Gasteiger partial charge in [-0.1, -0.05) is 47.5 Å². The lowest BCUT2D eigenvalue weighted by atomic mass is 9.76. The van der Waals surface area contributed by atoms with Crippen LogP contribution in [0.1, 0.15) is 44.7 Å². The molecule has 1 aliphatic carbocycles. The van der Waals surface area contributed by atoms with Gasteiger partial charge in [0.2, 0.25) is 0 Å². The first-order chi connectivity index (χ1) is 9.38. The van der Waals surface area contributed by atoms with Crippen LogP contribution < -0.4 is 4.74 Å². The second-order valence-electron chi connectivity index (χ2n) is 5.93. The zero-order valence-electron chi connectivity index (χ0n) is 12.5. The van der Waals surface area contributed by atoms with E-state index in [1.165, 1.54) is 12.5 Å². The molecule has 1 aromatic carbocycles. The summed E-state index contributed by atoms with van der Waals surface area (Å²) in [6.07, 6.45) is 2.23. The lowest BCUT2D eigenvalue weighted by molar-refractivity contribution is -0.131. The first-order valence-corrected chi connectivity index (χ1v) is 7.90. The van der Waals surface area contributed by atoms with Crippen LogP contribution in [-0.2, 0) is 10.2 Å². The number of rotatable bonds is 2.